The number of nitrogens with zero attached hydrogens (tertiary/aromatic N) is 4. The number of carbonyl (C=O) groups excluding carboxylic acids is 2. The van der Waals surface area contributed by atoms with Crippen molar-refractivity contribution in [1.82, 2.24) is 19.4 Å². The number of carbonyl (C=O) groups is 2. The zero-order chi connectivity index (χ0) is 24.2. The van der Waals surface area contributed by atoms with E-state index in [2.05, 4.69) is 4.98 Å². The summed E-state index contributed by atoms with van der Waals surface area (Å²) in [5.41, 5.74) is 0.358. The minimum Gasteiger partial charge on any atom is -0.444 e. The molecule has 1 aliphatic heterocycles. The molecule has 33 heavy (non-hydrogen) atoms. The lowest BCUT2D eigenvalue weighted by Crippen LogP contribution is -2.52. The summed E-state index contributed by atoms with van der Waals surface area (Å²) < 4.78 is 46.1. The maximum atomic E-state index is 13.2. The third-order valence-corrected chi connectivity index (χ3v) is 5.81. The molecule has 2 heterocycles. The van der Waals surface area contributed by atoms with Gasteiger partial charge in [0.05, 0.1) is 17.6 Å². The van der Waals surface area contributed by atoms with Crippen molar-refractivity contribution < 1.29 is 27.5 Å². The quantitative estimate of drug-likeness (QED) is 0.593. The molecule has 0 atom stereocenters. The van der Waals surface area contributed by atoms with Gasteiger partial charge in [0.25, 0.3) is 0 Å². The molecule has 0 radical (unpaired) electrons. The second-order valence-electron chi connectivity index (χ2n) is 8.63. The number of ether oxygens (including phenoxy) is 1. The molecule has 0 N–H and O–H groups in total. The molecule has 0 aliphatic carbocycles. The van der Waals surface area contributed by atoms with Crippen LogP contribution in [0.1, 0.15) is 20.8 Å². The van der Waals surface area contributed by atoms with Gasteiger partial charge in [-0.25, -0.2) is 9.78 Å². The largest absolute Gasteiger partial charge is 0.444 e. The molecule has 11 heteroatoms. The fraction of sp³-hybridized carbons (Fsp3) is 0.500. The first-order valence-electron chi connectivity index (χ1n) is 10.5. The van der Waals surface area contributed by atoms with Gasteiger partial charge in [-0.05, 0) is 26.3 Å². The van der Waals surface area contributed by atoms with Gasteiger partial charge in [0, 0.05) is 26.2 Å². The first-order chi connectivity index (χ1) is 15.4. The van der Waals surface area contributed by atoms with Crippen LogP contribution in [0.3, 0.4) is 0 Å². The predicted octanol–water partition coefficient (Wildman–Crippen LogP) is 4.28. The van der Waals surface area contributed by atoms with Crippen molar-refractivity contribution in [1.29, 1.82) is 0 Å². The molecular weight excluding hydrogens is 457 g/mol. The van der Waals surface area contributed by atoms with E-state index < -0.39 is 24.4 Å². The number of imidazole rings is 1. The zero-order valence-electron chi connectivity index (χ0n) is 18.8. The predicted molar refractivity (Wildman–Crippen MR) is 119 cm³/mol. The normalized spacial score (nSPS) is 15.0. The van der Waals surface area contributed by atoms with Crippen LogP contribution >= 0.6 is 11.8 Å². The molecule has 1 aromatic carbocycles. The van der Waals surface area contributed by atoms with Crippen LogP contribution in [0.5, 0.6) is 0 Å². The van der Waals surface area contributed by atoms with Crippen LogP contribution < -0.4 is 0 Å². The Morgan fingerprint density at radius 1 is 1.03 bits per heavy atom. The SMILES string of the molecule is CC(C)(C)OC(=O)N1CCN(C(=O)CSc2ncc(-c3ccccc3)n2CC(F)(F)F)CC1. The molecule has 1 saturated heterocycles. The van der Waals surface area contributed by atoms with Gasteiger partial charge in [0.2, 0.25) is 5.91 Å². The van der Waals surface area contributed by atoms with Crippen molar-refractivity contribution in [3.8, 4) is 11.3 Å². The molecule has 2 amide bonds. The van der Waals surface area contributed by atoms with E-state index >= 15 is 0 Å². The topological polar surface area (TPSA) is 67.7 Å². The van der Waals surface area contributed by atoms with Crippen LogP contribution in [0.4, 0.5) is 18.0 Å². The number of rotatable bonds is 5. The van der Waals surface area contributed by atoms with Crippen LogP contribution in [0.25, 0.3) is 11.3 Å². The molecule has 1 fully saturated rings. The highest BCUT2D eigenvalue weighted by molar-refractivity contribution is 7.99. The summed E-state index contributed by atoms with van der Waals surface area (Å²) >= 11 is 0.975. The molecular formula is C22H27F3N4O3S. The number of hydrogen-bond donors (Lipinski definition) is 0. The van der Waals surface area contributed by atoms with Crippen molar-refractivity contribution in [2.45, 2.75) is 44.2 Å². The van der Waals surface area contributed by atoms with Crippen LogP contribution in [0.2, 0.25) is 0 Å². The van der Waals surface area contributed by atoms with E-state index in [-0.39, 0.29) is 16.8 Å². The van der Waals surface area contributed by atoms with E-state index in [1.54, 1.807) is 60.9 Å². The summed E-state index contributed by atoms with van der Waals surface area (Å²) in [5.74, 6) is -0.262. The average molecular weight is 485 g/mol. The minimum atomic E-state index is -4.43. The smallest absolute Gasteiger partial charge is 0.410 e. The number of benzene rings is 1. The molecule has 180 valence electrons. The fourth-order valence-corrected chi connectivity index (χ4v) is 4.21. The van der Waals surface area contributed by atoms with Crippen molar-refractivity contribution in [2.75, 3.05) is 31.9 Å². The number of thioether (sulfide) groups is 1. The van der Waals surface area contributed by atoms with E-state index in [9.17, 15) is 22.8 Å². The lowest BCUT2D eigenvalue weighted by Gasteiger charge is -2.35. The van der Waals surface area contributed by atoms with Crippen LogP contribution in [0.15, 0.2) is 41.7 Å². The molecule has 0 unspecified atom stereocenters. The summed E-state index contributed by atoms with van der Waals surface area (Å²) in [6.45, 7) is 5.52. The molecule has 1 aliphatic rings. The van der Waals surface area contributed by atoms with Crippen molar-refractivity contribution in [3.05, 3.63) is 36.5 Å². The highest BCUT2D eigenvalue weighted by Crippen LogP contribution is 2.30. The highest BCUT2D eigenvalue weighted by Gasteiger charge is 2.32. The number of halogens is 3. The zero-order valence-corrected chi connectivity index (χ0v) is 19.6. The maximum Gasteiger partial charge on any atom is 0.410 e. The van der Waals surface area contributed by atoms with Gasteiger partial charge in [-0.2, -0.15) is 13.2 Å². The van der Waals surface area contributed by atoms with Gasteiger partial charge in [-0.15, -0.1) is 0 Å². The Balaban J connectivity index is 1.61. The average Bonchev–Trinajstić information content (AvgIpc) is 3.12. The van der Waals surface area contributed by atoms with E-state index in [0.717, 1.165) is 16.3 Å². The van der Waals surface area contributed by atoms with Crippen molar-refractivity contribution in [3.63, 3.8) is 0 Å². The summed E-state index contributed by atoms with van der Waals surface area (Å²) in [6.07, 6.45) is -3.46. The van der Waals surface area contributed by atoms with Crippen LogP contribution in [-0.2, 0) is 16.1 Å². The van der Waals surface area contributed by atoms with Crippen LogP contribution in [-0.4, -0.2) is 75.1 Å². The fourth-order valence-electron chi connectivity index (χ4n) is 3.33. The standard InChI is InChI=1S/C22H27F3N4O3S/c1-21(2,3)32-20(31)28-11-9-27(10-12-28)18(30)14-33-19-26-13-17(16-7-5-4-6-8-16)29(19)15-22(23,24)25/h4-8,13H,9-12,14-15H2,1-3H3. The summed E-state index contributed by atoms with van der Waals surface area (Å²) in [7, 11) is 0. The monoisotopic (exact) mass is 484 g/mol. The molecule has 1 aromatic heterocycles. The summed E-state index contributed by atoms with van der Waals surface area (Å²) in [4.78, 5) is 32.1. The van der Waals surface area contributed by atoms with Gasteiger partial charge < -0.3 is 19.1 Å². The minimum absolute atomic E-state index is 0.0461. The molecule has 2 aromatic rings. The molecule has 0 bridgehead atoms. The van der Waals surface area contributed by atoms with E-state index in [4.69, 9.17) is 4.74 Å². The van der Waals surface area contributed by atoms with E-state index in [1.165, 1.54) is 6.20 Å². The number of amides is 2. The Morgan fingerprint density at radius 3 is 2.21 bits per heavy atom. The Labute approximate surface area is 194 Å². The molecule has 3 rings (SSSR count). The lowest BCUT2D eigenvalue weighted by atomic mass is 10.2. The summed E-state index contributed by atoms with van der Waals surface area (Å²) in [6, 6.07) is 8.70. The number of alkyl halides is 3. The van der Waals surface area contributed by atoms with Gasteiger partial charge >= 0.3 is 12.3 Å². The molecule has 0 saturated carbocycles. The van der Waals surface area contributed by atoms with Gasteiger partial charge in [0.1, 0.15) is 12.1 Å². The lowest BCUT2D eigenvalue weighted by molar-refractivity contribution is -0.141. The Hall–Kier alpha value is -2.69. The van der Waals surface area contributed by atoms with Gasteiger partial charge in [-0.3, -0.25) is 4.79 Å². The second-order valence-corrected chi connectivity index (χ2v) is 9.57. The first kappa shape index (κ1) is 24.9. The Morgan fingerprint density at radius 2 is 1.64 bits per heavy atom. The number of aromatic nitrogens is 2. The van der Waals surface area contributed by atoms with Crippen LogP contribution in [0, 0.1) is 0 Å². The highest BCUT2D eigenvalue weighted by atomic mass is 32.2. The van der Waals surface area contributed by atoms with Crippen molar-refractivity contribution in [2.24, 2.45) is 0 Å². The van der Waals surface area contributed by atoms with Crippen molar-refractivity contribution >= 4 is 23.8 Å². The maximum absolute atomic E-state index is 13.2. The van der Waals surface area contributed by atoms with Gasteiger partial charge in [-0.1, -0.05) is 42.1 Å². The first-order valence-corrected chi connectivity index (χ1v) is 11.5. The summed E-state index contributed by atoms with van der Waals surface area (Å²) in [5, 5.41) is 0.131. The Bertz CT molecular complexity index is 966. The Kier molecular flexibility index (Phi) is 7.61. The molecule has 7 nitrogen and oxygen atoms in total. The second kappa shape index (κ2) is 10.1. The van der Waals surface area contributed by atoms with E-state index in [1.807, 2.05) is 0 Å². The van der Waals surface area contributed by atoms with Gasteiger partial charge in [0.15, 0.2) is 5.16 Å². The third kappa shape index (κ3) is 7.15. The number of hydrogen-bond acceptors (Lipinski definition) is 5. The van der Waals surface area contributed by atoms with E-state index in [0.29, 0.717) is 37.4 Å². The third-order valence-electron chi connectivity index (χ3n) is 4.83. The number of piperazine rings is 1. The molecule has 0 spiro atoms.